The van der Waals surface area contributed by atoms with E-state index in [4.69, 9.17) is 14.4 Å². The Kier molecular flexibility index (Phi) is 3.93. The minimum atomic E-state index is -1.62. The molecule has 0 saturated carbocycles. The normalized spacial score (nSPS) is 11.2. The maximum atomic E-state index is 9.85. The number of para-hydroxylation sites is 1. The van der Waals surface area contributed by atoms with Gasteiger partial charge in [0.25, 0.3) is 0 Å². The van der Waals surface area contributed by atoms with Crippen LogP contribution in [0.3, 0.4) is 0 Å². The van der Waals surface area contributed by atoms with Gasteiger partial charge in [-0.1, -0.05) is 66.7 Å². The second-order valence-corrected chi connectivity index (χ2v) is 6.50. The summed E-state index contributed by atoms with van der Waals surface area (Å²) in [5.74, 6) is 0.553. The zero-order valence-corrected chi connectivity index (χ0v) is 14.8. The van der Waals surface area contributed by atoms with Crippen molar-refractivity contribution in [3.8, 4) is 22.6 Å². The van der Waals surface area contributed by atoms with Crippen LogP contribution in [0.25, 0.3) is 44.7 Å². The Labute approximate surface area is 161 Å². The van der Waals surface area contributed by atoms with E-state index in [-0.39, 0.29) is 0 Å². The minimum Gasteiger partial charge on any atom is -0.452 e. The predicted molar refractivity (Wildman–Crippen MR) is 110 cm³/mol. The van der Waals surface area contributed by atoms with Crippen LogP contribution < -0.4 is 5.46 Å². The van der Waals surface area contributed by atoms with Gasteiger partial charge >= 0.3 is 7.12 Å². The van der Waals surface area contributed by atoms with Crippen LogP contribution in [0, 0.1) is 0 Å². The van der Waals surface area contributed by atoms with Gasteiger partial charge in [0.1, 0.15) is 16.8 Å². The second-order valence-electron chi connectivity index (χ2n) is 6.50. The van der Waals surface area contributed by atoms with Gasteiger partial charge in [-0.15, -0.1) is 0 Å². The molecule has 134 valence electrons. The van der Waals surface area contributed by atoms with Crippen LogP contribution in [-0.2, 0) is 0 Å². The van der Waals surface area contributed by atoms with Crippen molar-refractivity contribution in [1.29, 1.82) is 0 Å². The van der Waals surface area contributed by atoms with E-state index >= 15 is 0 Å². The fourth-order valence-corrected chi connectivity index (χ4v) is 3.43. The molecule has 0 bridgehead atoms. The minimum absolute atomic E-state index is 0.363. The lowest BCUT2D eigenvalue weighted by Crippen LogP contribution is -2.31. The van der Waals surface area contributed by atoms with E-state index in [9.17, 15) is 10.0 Å². The van der Waals surface area contributed by atoms with Crippen molar-refractivity contribution in [3.05, 3.63) is 78.9 Å². The standard InChI is InChI=1S/C22H15BN2O3/c26-23(27)17-12-6-4-10-15(17)19-21-20(16-11-5-7-13-18(16)28-21)25-22(24-19)14-8-2-1-3-9-14/h1-13,26-27H. The van der Waals surface area contributed by atoms with Crippen LogP contribution in [0.15, 0.2) is 83.3 Å². The van der Waals surface area contributed by atoms with E-state index in [0.29, 0.717) is 39.2 Å². The molecule has 0 aliphatic rings. The summed E-state index contributed by atoms with van der Waals surface area (Å²) >= 11 is 0. The molecule has 0 aliphatic carbocycles. The topological polar surface area (TPSA) is 79.4 Å². The molecule has 2 heterocycles. The molecule has 6 heteroatoms. The Morgan fingerprint density at radius 2 is 1.46 bits per heavy atom. The van der Waals surface area contributed by atoms with Gasteiger partial charge in [-0.05, 0) is 17.6 Å². The Morgan fingerprint density at radius 3 is 2.29 bits per heavy atom. The van der Waals surface area contributed by atoms with Crippen molar-refractivity contribution < 1.29 is 14.5 Å². The number of fused-ring (bicyclic) bond motifs is 3. The molecule has 0 unspecified atom stereocenters. The molecule has 5 rings (SSSR count). The molecule has 0 spiro atoms. The maximum absolute atomic E-state index is 9.85. The average molecular weight is 366 g/mol. The molecule has 5 nitrogen and oxygen atoms in total. The van der Waals surface area contributed by atoms with Gasteiger partial charge < -0.3 is 14.5 Å². The van der Waals surface area contributed by atoms with E-state index in [1.165, 1.54) is 0 Å². The highest BCUT2D eigenvalue weighted by atomic mass is 16.4. The molecule has 0 radical (unpaired) electrons. The van der Waals surface area contributed by atoms with Crippen LogP contribution in [0.1, 0.15) is 0 Å². The summed E-state index contributed by atoms with van der Waals surface area (Å²) in [7, 11) is -1.62. The van der Waals surface area contributed by atoms with Crippen molar-refractivity contribution in [1.82, 2.24) is 9.97 Å². The highest BCUT2D eigenvalue weighted by Crippen LogP contribution is 2.34. The molecule has 3 aromatic carbocycles. The Morgan fingerprint density at radius 1 is 0.750 bits per heavy atom. The summed E-state index contributed by atoms with van der Waals surface area (Å²) in [6.45, 7) is 0. The number of hydrogen-bond acceptors (Lipinski definition) is 5. The van der Waals surface area contributed by atoms with Crippen molar-refractivity contribution in [2.45, 2.75) is 0 Å². The summed E-state index contributed by atoms with van der Waals surface area (Å²) in [6, 6.07) is 24.4. The molecule has 0 amide bonds. The van der Waals surface area contributed by atoms with Gasteiger partial charge in [-0.3, -0.25) is 0 Å². The molecular formula is C22H15BN2O3. The maximum Gasteiger partial charge on any atom is 0.489 e. The van der Waals surface area contributed by atoms with Crippen molar-refractivity contribution >= 4 is 34.7 Å². The van der Waals surface area contributed by atoms with Crippen LogP contribution in [0.4, 0.5) is 0 Å². The van der Waals surface area contributed by atoms with Gasteiger partial charge in [0.05, 0.1) is 0 Å². The third-order valence-electron chi connectivity index (χ3n) is 4.75. The summed E-state index contributed by atoms with van der Waals surface area (Å²) in [5.41, 5.74) is 4.29. The monoisotopic (exact) mass is 366 g/mol. The SMILES string of the molecule is OB(O)c1ccccc1-c1nc(-c2ccccc2)nc2c1oc1ccccc12. The molecule has 5 aromatic rings. The first-order chi connectivity index (χ1) is 13.7. The first-order valence-electron chi connectivity index (χ1n) is 8.92. The molecule has 0 fully saturated rings. The lowest BCUT2D eigenvalue weighted by molar-refractivity contribution is 0.426. The number of aromatic nitrogens is 2. The van der Waals surface area contributed by atoms with Crippen LogP contribution in [0.5, 0.6) is 0 Å². The summed E-state index contributed by atoms with van der Waals surface area (Å²) in [5, 5.41) is 20.6. The van der Waals surface area contributed by atoms with Gasteiger partial charge in [-0.2, -0.15) is 0 Å². The zero-order valence-electron chi connectivity index (χ0n) is 14.8. The fraction of sp³-hybridized carbons (Fsp3) is 0. The Bertz CT molecular complexity index is 1300. The highest BCUT2D eigenvalue weighted by Gasteiger charge is 2.23. The van der Waals surface area contributed by atoms with Crippen molar-refractivity contribution in [3.63, 3.8) is 0 Å². The van der Waals surface area contributed by atoms with Crippen molar-refractivity contribution in [2.24, 2.45) is 0 Å². The smallest absolute Gasteiger partial charge is 0.452 e. The zero-order chi connectivity index (χ0) is 19.1. The van der Waals surface area contributed by atoms with E-state index in [0.717, 1.165) is 10.9 Å². The number of rotatable bonds is 3. The number of benzene rings is 3. The molecule has 28 heavy (non-hydrogen) atoms. The van der Waals surface area contributed by atoms with E-state index < -0.39 is 7.12 Å². The quantitative estimate of drug-likeness (QED) is 0.479. The highest BCUT2D eigenvalue weighted by molar-refractivity contribution is 6.60. The summed E-state index contributed by atoms with van der Waals surface area (Å²) < 4.78 is 6.08. The molecule has 0 aliphatic heterocycles. The lowest BCUT2D eigenvalue weighted by atomic mass is 9.76. The van der Waals surface area contributed by atoms with Gasteiger partial charge in [0.2, 0.25) is 0 Å². The molecule has 0 atom stereocenters. The average Bonchev–Trinajstić information content (AvgIpc) is 3.12. The summed E-state index contributed by atoms with van der Waals surface area (Å²) in [6.07, 6.45) is 0. The first kappa shape index (κ1) is 16.7. The van der Waals surface area contributed by atoms with E-state index in [2.05, 4.69) is 0 Å². The van der Waals surface area contributed by atoms with E-state index in [1.54, 1.807) is 18.2 Å². The Balaban J connectivity index is 1.90. The summed E-state index contributed by atoms with van der Waals surface area (Å²) in [4.78, 5) is 9.52. The fourth-order valence-electron chi connectivity index (χ4n) is 3.43. The molecular weight excluding hydrogens is 351 g/mol. The molecule has 2 N–H and O–H groups in total. The number of furan rings is 1. The molecule has 2 aromatic heterocycles. The Hall–Kier alpha value is -3.48. The van der Waals surface area contributed by atoms with E-state index in [1.807, 2.05) is 60.7 Å². The van der Waals surface area contributed by atoms with Crippen molar-refractivity contribution in [2.75, 3.05) is 0 Å². The largest absolute Gasteiger partial charge is 0.489 e. The van der Waals surface area contributed by atoms with Crippen LogP contribution in [-0.4, -0.2) is 27.1 Å². The third kappa shape index (κ3) is 2.67. The lowest BCUT2D eigenvalue weighted by Gasteiger charge is -2.10. The first-order valence-corrected chi connectivity index (χ1v) is 8.92. The van der Waals surface area contributed by atoms with Crippen LogP contribution in [0.2, 0.25) is 0 Å². The predicted octanol–water partition coefficient (Wildman–Crippen LogP) is 3.39. The van der Waals surface area contributed by atoms with Gasteiger partial charge in [-0.25, -0.2) is 9.97 Å². The second kappa shape index (κ2) is 6.60. The number of hydrogen-bond donors (Lipinski definition) is 2. The molecule has 0 saturated heterocycles. The van der Waals surface area contributed by atoms with Gasteiger partial charge in [0, 0.05) is 16.5 Å². The van der Waals surface area contributed by atoms with Crippen LogP contribution >= 0.6 is 0 Å². The van der Waals surface area contributed by atoms with Gasteiger partial charge in [0.15, 0.2) is 11.4 Å². The third-order valence-corrected chi connectivity index (χ3v) is 4.75. The number of nitrogens with zero attached hydrogens (tertiary/aromatic N) is 2.